The molecule has 0 amide bonds. The number of aliphatic hydroxyl groups excluding tert-OH is 1. The molecule has 5 heterocycles. The van der Waals surface area contributed by atoms with Gasteiger partial charge in [-0.05, 0) is 30.7 Å². The molecule has 2 N–H and O–H groups in total. The number of aliphatic hydroxyl groups is 1. The lowest BCUT2D eigenvalue weighted by Crippen LogP contribution is -2.22. The van der Waals surface area contributed by atoms with E-state index in [-0.39, 0.29) is 12.5 Å². The maximum absolute atomic E-state index is 9.56. The number of fused-ring (bicyclic) bond motifs is 2. The third-order valence-corrected chi connectivity index (χ3v) is 6.57. The van der Waals surface area contributed by atoms with Crippen LogP contribution in [0.3, 0.4) is 0 Å². The summed E-state index contributed by atoms with van der Waals surface area (Å²) in [7, 11) is 0. The standard InChI is InChI=1S/C20H20ClN7OS/c1-2-13-16(21)15-18(25-13)26-20(27-19(15)28-6-3-11(9-28)10-29)30-12-7-14-17(24-8-12)23-5-4-22-14/h4-5,7-8,11,29H,2-3,6,9-10H2,1H3,(H,25,26,27). The fourth-order valence-corrected chi connectivity index (χ4v) is 4.87. The number of pyridine rings is 1. The van der Waals surface area contributed by atoms with Gasteiger partial charge in [-0.1, -0.05) is 18.5 Å². The van der Waals surface area contributed by atoms with Gasteiger partial charge in [-0.25, -0.2) is 19.9 Å². The topological polar surface area (TPSA) is 104 Å². The lowest BCUT2D eigenvalue weighted by molar-refractivity contribution is 0.238. The molecule has 1 unspecified atom stereocenters. The van der Waals surface area contributed by atoms with E-state index in [1.54, 1.807) is 18.6 Å². The third kappa shape index (κ3) is 3.46. The van der Waals surface area contributed by atoms with Gasteiger partial charge >= 0.3 is 0 Å². The summed E-state index contributed by atoms with van der Waals surface area (Å²) in [4.78, 5) is 28.9. The van der Waals surface area contributed by atoms with E-state index >= 15 is 0 Å². The van der Waals surface area contributed by atoms with Crippen LogP contribution in [0.4, 0.5) is 5.82 Å². The van der Waals surface area contributed by atoms with Gasteiger partial charge in [0.1, 0.15) is 17.0 Å². The number of nitrogens with one attached hydrogen (secondary N) is 1. The monoisotopic (exact) mass is 441 g/mol. The van der Waals surface area contributed by atoms with Crippen molar-refractivity contribution in [3.8, 4) is 0 Å². The normalized spacial score (nSPS) is 16.8. The second kappa shape index (κ2) is 7.98. The fourth-order valence-electron chi connectivity index (χ4n) is 3.76. The highest BCUT2D eigenvalue weighted by molar-refractivity contribution is 7.99. The Morgan fingerprint density at radius 1 is 1.27 bits per heavy atom. The maximum atomic E-state index is 9.56. The number of aromatic nitrogens is 6. The first-order valence-electron chi connectivity index (χ1n) is 9.84. The molecule has 0 spiro atoms. The molecule has 1 atom stereocenters. The molecule has 154 valence electrons. The fraction of sp³-hybridized carbons (Fsp3) is 0.350. The number of aromatic amines is 1. The summed E-state index contributed by atoms with van der Waals surface area (Å²) in [6.45, 7) is 3.82. The Morgan fingerprint density at radius 2 is 2.13 bits per heavy atom. The van der Waals surface area contributed by atoms with E-state index in [0.29, 0.717) is 15.8 Å². The third-order valence-electron chi connectivity index (χ3n) is 5.33. The number of hydrogen-bond donors (Lipinski definition) is 2. The zero-order chi connectivity index (χ0) is 20.7. The van der Waals surface area contributed by atoms with Crippen molar-refractivity contribution in [3.05, 3.63) is 35.4 Å². The molecule has 0 aromatic carbocycles. The van der Waals surface area contributed by atoms with E-state index in [2.05, 4.69) is 31.8 Å². The molecule has 5 rings (SSSR count). The number of hydrogen-bond acceptors (Lipinski definition) is 8. The first kappa shape index (κ1) is 19.5. The van der Waals surface area contributed by atoms with E-state index in [1.807, 2.05) is 6.07 Å². The second-order valence-corrected chi connectivity index (χ2v) is 8.70. The number of aryl methyl sites for hydroxylation is 1. The Morgan fingerprint density at radius 3 is 2.93 bits per heavy atom. The maximum Gasteiger partial charge on any atom is 0.196 e. The molecule has 1 saturated heterocycles. The summed E-state index contributed by atoms with van der Waals surface area (Å²) in [5.74, 6) is 1.06. The van der Waals surface area contributed by atoms with Crippen molar-refractivity contribution in [2.24, 2.45) is 5.92 Å². The Labute approximate surface area is 182 Å². The van der Waals surface area contributed by atoms with Crippen LogP contribution in [0.5, 0.6) is 0 Å². The van der Waals surface area contributed by atoms with Crippen LogP contribution in [0.2, 0.25) is 5.02 Å². The minimum Gasteiger partial charge on any atom is -0.396 e. The molecule has 0 radical (unpaired) electrons. The summed E-state index contributed by atoms with van der Waals surface area (Å²) >= 11 is 8.10. The van der Waals surface area contributed by atoms with Gasteiger partial charge < -0.3 is 15.0 Å². The molecule has 1 aliphatic rings. The van der Waals surface area contributed by atoms with Crippen molar-refractivity contribution in [3.63, 3.8) is 0 Å². The molecular formula is C20H20ClN7OS. The van der Waals surface area contributed by atoms with Crippen LogP contribution in [-0.2, 0) is 6.42 Å². The average Bonchev–Trinajstić information content (AvgIpc) is 3.38. The van der Waals surface area contributed by atoms with Gasteiger partial charge in [-0.15, -0.1) is 0 Å². The minimum atomic E-state index is 0.178. The predicted octanol–water partition coefficient (Wildman–Crippen LogP) is 3.48. The predicted molar refractivity (Wildman–Crippen MR) is 117 cm³/mol. The Hall–Kier alpha value is -2.49. The highest BCUT2D eigenvalue weighted by Crippen LogP contribution is 2.38. The van der Waals surface area contributed by atoms with E-state index < -0.39 is 0 Å². The van der Waals surface area contributed by atoms with Crippen LogP contribution in [0.1, 0.15) is 19.0 Å². The van der Waals surface area contributed by atoms with Gasteiger partial charge in [0.25, 0.3) is 0 Å². The van der Waals surface area contributed by atoms with Crippen LogP contribution in [-0.4, -0.2) is 54.7 Å². The second-order valence-electron chi connectivity index (χ2n) is 7.28. The number of halogens is 1. The Kier molecular flexibility index (Phi) is 5.18. The van der Waals surface area contributed by atoms with Gasteiger partial charge in [0.05, 0.1) is 10.4 Å². The minimum absolute atomic E-state index is 0.178. The van der Waals surface area contributed by atoms with Crippen molar-refractivity contribution in [1.29, 1.82) is 0 Å². The largest absolute Gasteiger partial charge is 0.396 e. The number of rotatable bonds is 5. The average molecular weight is 442 g/mol. The smallest absolute Gasteiger partial charge is 0.196 e. The zero-order valence-corrected chi connectivity index (χ0v) is 17.9. The van der Waals surface area contributed by atoms with Crippen molar-refractivity contribution < 1.29 is 5.11 Å². The molecule has 8 nitrogen and oxygen atoms in total. The van der Waals surface area contributed by atoms with Crippen molar-refractivity contribution in [1.82, 2.24) is 29.9 Å². The molecule has 4 aromatic heterocycles. The van der Waals surface area contributed by atoms with Gasteiger partial charge in [-0.3, -0.25) is 4.98 Å². The van der Waals surface area contributed by atoms with E-state index in [1.165, 1.54) is 11.8 Å². The highest BCUT2D eigenvalue weighted by Gasteiger charge is 2.27. The van der Waals surface area contributed by atoms with Gasteiger partial charge in [0, 0.05) is 54.8 Å². The first-order chi connectivity index (χ1) is 14.7. The van der Waals surface area contributed by atoms with Crippen LogP contribution >= 0.6 is 23.4 Å². The summed E-state index contributed by atoms with van der Waals surface area (Å²) in [5, 5.41) is 11.7. The van der Waals surface area contributed by atoms with E-state index in [0.717, 1.165) is 58.9 Å². The summed E-state index contributed by atoms with van der Waals surface area (Å²) < 4.78 is 0. The van der Waals surface area contributed by atoms with E-state index in [4.69, 9.17) is 21.6 Å². The summed E-state index contributed by atoms with van der Waals surface area (Å²) in [6, 6.07) is 1.93. The van der Waals surface area contributed by atoms with Crippen molar-refractivity contribution in [2.75, 3.05) is 24.6 Å². The number of anilines is 1. The van der Waals surface area contributed by atoms with Crippen LogP contribution in [0.25, 0.3) is 22.2 Å². The van der Waals surface area contributed by atoms with Crippen molar-refractivity contribution in [2.45, 2.75) is 29.8 Å². The molecule has 10 heteroatoms. The highest BCUT2D eigenvalue weighted by atomic mass is 35.5. The summed E-state index contributed by atoms with van der Waals surface area (Å²) in [5.41, 5.74) is 3.01. The van der Waals surface area contributed by atoms with Crippen LogP contribution in [0.15, 0.2) is 34.7 Å². The molecule has 0 aliphatic carbocycles. The number of nitrogens with zero attached hydrogens (tertiary/aromatic N) is 6. The lowest BCUT2D eigenvalue weighted by atomic mass is 10.1. The Balaban J connectivity index is 1.57. The molecule has 0 bridgehead atoms. The van der Waals surface area contributed by atoms with Crippen LogP contribution < -0.4 is 4.90 Å². The first-order valence-corrected chi connectivity index (χ1v) is 11.0. The van der Waals surface area contributed by atoms with Crippen molar-refractivity contribution >= 4 is 51.4 Å². The summed E-state index contributed by atoms with van der Waals surface area (Å²) in [6.07, 6.45) is 6.74. The molecule has 0 saturated carbocycles. The molecule has 1 aliphatic heterocycles. The molecule has 30 heavy (non-hydrogen) atoms. The lowest BCUT2D eigenvalue weighted by Gasteiger charge is -2.19. The zero-order valence-electron chi connectivity index (χ0n) is 16.3. The molecular weight excluding hydrogens is 422 g/mol. The molecule has 4 aromatic rings. The van der Waals surface area contributed by atoms with E-state index in [9.17, 15) is 5.11 Å². The number of H-pyrrole nitrogens is 1. The van der Waals surface area contributed by atoms with Gasteiger partial charge in [-0.2, -0.15) is 0 Å². The molecule has 1 fully saturated rings. The van der Waals surface area contributed by atoms with Crippen LogP contribution in [0, 0.1) is 5.92 Å². The quantitative estimate of drug-likeness (QED) is 0.453. The Bertz CT molecular complexity index is 1230. The van der Waals surface area contributed by atoms with Gasteiger partial charge in [0.15, 0.2) is 10.8 Å². The van der Waals surface area contributed by atoms with Gasteiger partial charge in [0.2, 0.25) is 0 Å². The SMILES string of the molecule is CCc1[nH]c2nc(Sc3cnc4nccnc4c3)nc(N3CCC(CO)C3)c2c1Cl.